The number of allylic oxidation sites excluding steroid dienone is 2. The number of hydrogen-bond donors (Lipinski definition) is 1. The predicted molar refractivity (Wildman–Crippen MR) is 92.7 cm³/mol. The molecule has 4 nitrogen and oxygen atoms in total. The highest BCUT2D eigenvalue weighted by Crippen LogP contribution is 2.39. The van der Waals surface area contributed by atoms with Gasteiger partial charge in [0, 0.05) is 12.6 Å². The average molecular weight is 418 g/mol. The molecule has 1 unspecified atom stereocenters. The summed E-state index contributed by atoms with van der Waals surface area (Å²) in [5.74, 6) is -5.68. The summed E-state index contributed by atoms with van der Waals surface area (Å²) in [4.78, 5) is 12.6. The van der Waals surface area contributed by atoms with E-state index in [0.717, 1.165) is 29.0 Å². The summed E-state index contributed by atoms with van der Waals surface area (Å²) in [6.07, 6.45) is -2.02. The third kappa shape index (κ3) is 3.66. The Morgan fingerprint density at radius 3 is 2.68 bits per heavy atom. The third-order valence-corrected chi connectivity index (χ3v) is 4.59. The van der Waals surface area contributed by atoms with Gasteiger partial charge in [0.2, 0.25) is 5.79 Å². The second kappa shape index (κ2) is 7.38. The molecule has 1 amide bonds. The van der Waals surface area contributed by atoms with Crippen LogP contribution in [0.4, 0.5) is 22.0 Å². The van der Waals surface area contributed by atoms with Crippen molar-refractivity contribution in [2.24, 2.45) is 7.05 Å². The van der Waals surface area contributed by atoms with Crippen molar-refractivity contribution in [2.75, 3.05) is 0 Å². The molecule has 28 heavy (non-hydrogen) atoms. The molecule has 10 heteroatoms. The molecule has 0 saturated carbocycles. The van der Waals surface area contributed by atoms with E-state index in [4.69, 9.17) is 11.6 Å². The lowest BCUT2D eigenvalue weighted by Gasteiger charge is -2.31. The van der Waals surface area contributed by atoms with E-state index in [9.17, 15) is 22.4 Å². The normalized spacial score (nSPS) is 19.4. The lowest BCUT2D eigenvalue weighted by Crippen LogP contribution is -2.47. The second-order valence-electron chi connectivity index (χ2n) is 6.11. The molecule has 1 heterocycles. The molecule has 0 fully saturated rings. The van der Waals surface area contributed by atoms with Crippen LogP contribution in [-0.4, -0.2) is 21.5 Å². The Balaban J connectivity index is 2.01. The van der Waals surface area contributed by atoms with E-state index < -0.39 is 52.6 Å². The van der Waals surface area contributed by atoms with Crippen molar-refractivity contribution in [3.05, 3.63) is 70.0 Å². The fourth-order valence-electron chi connectivity index (χ4n) is 2.91. The van der Waals surface area contributed by atoms with E-state index in [1.54, 1.807) is 0 Å². The lowest BCUT2D eigenvalue weighted by molar-refractivity contribution is 0.0810. The molecule has 1 aromatic carbocycles. The Morgan fingerprint density at radius 2 is 2.04 bits per heavy atom. The zero-order chi connectivity index (χ0) is 20.6. The molecule has 148 valence electrons. The minimum absolute atomic E-state index is 0.0536. The number of aromatic nitrogens is 2. The standard InChI is InChI=1S/C18H13ClF5N3O/c1-27-15(19)13(14(26-27)16(22)23)17(28)25-18(24)8-11(21)5-6-12(18)9-3-2-4-10(20)7-9/h2-7,16H,8H2,1H3,(H,25,28). The van der Waals surface area contributed by atoms with Crippen molar-refractivity contribution >= 4 is 23.1 Å². The largest absolute Gasteiger partial charge is 0.316 e. The second-order valence-corrected chi connectivity index (χ2v) is 6.47. The number of alkyl halides is 3. The van der Waals surface area contributed by atoms with Gasteiger partial charge < -0.3 is 5.32 Å². The van der Waals surface area contributed by atoms with Gasteiger partial charge in [-0.3, -0.25) is 9.48 Å². The molecule has 0 radical (unpaired) electrons. The fraction of sp³-hybridized carbons (Fsp3) is 0.222. The van der Waals surface area contributed by atoms with Crippen LogP contribution < -0.4 is 5.32 Å². The van der Waals surface area contributed by atoms with Crippen molar-refractivity contribution in [3.8, 4) is 0 Å². The van der Waals surface area contributed by atoms with Crippen molar-refractivity contribution in [3.63, 3.8) is 0 Å². The van der Waals surface area contributed by atoms with Gasteiger partial charge in [0.05, 0.1) is 6.42 Å². The van der Waals surface area contributed by atoms with Gasteiger partial charge in [-0.1, -0.05) is 29.8 Å². The Hall–Kier alpha value is -2.68. The van der Waals surface area contributed by atoms with Crippen LogP contribution >= 0.6 is 11.6 Å². The molecule has 1 atom stereocenters. The molecule has 1 aliphatic rings. The number of amides is 1. The van der Waals surface area contributed by atoms with Gasteiger partial charge in [-0.15, -0.1) is 0 Å². The summed E-state index contributed by atoms with van der Waals surface area (Å²) >= 11 is 5.85. The van der Waals surface area contributed by atoms with Gasteiger partial charge >= 0.3 is 0 Å². The lowest BCUT2D eigenvalue weighted by atomic mass is 9.89. The van der Waals surface area contributed by atoms with E-state index >= 15 is 4.39 Å². The molecular weight excluding hydrogens is 405 g/mol. The molecule has 0 saturated heterocycles. The van der Waals surface area contributed by atoms with Crippen molar-refractivity contribution in [1.82, 2.24) is 15.1 Å². The topological polar surface area (TPSA) is 46.9 Å². The van der Waals surface area contributed by atoms with Crippen LogP contribution in [0.5, 0.6) is 0 Å². The number of nitrogens with one attached hydrogen (secondary N) is 1. The smallest absolute Gasteiger partial charge is 0.283 e. The number of halogens is 6. The zero-order valence-electron chi connectivity index (χ0n) is 14.3. The quantitative estimate of drug-likeness (QED) is 0.569. The number of carbonyl (C=O) groups excluding carboxylic acids is 1. The predicted octanol–water partition coefficient (Wildman–Crippen LogP) is 4.89. The summed E-state index contributed by atoms with van der Waals surface area (Å²) in [6, 6.07) is 4.82. The van der Waals surface area contributed by atoms with E-state index in [1.165, 1.54) is 19.2 Å². The maximum Gasteiger partial charge on any atom is 0.283 e. The first kappa shape index (κ1) is 20.1. The SMILES string of the molecule is Cn1nc(C(F)F)c(C(=O)NC2(F)CC(F)=CC=C2c2cccc(F)c2)c1Cl. The molecule has 0 aliphatic heterocycles. The van der Waals surface area contributed by atoms with E-state index in [1.807, 2.05) is 5.32 Å². The maximum atomic E-state index is 15.7. The maximum absolute atomic E-state index is 15.7. The Labute approximate surface area is 161 Å². The molecule has 1 aliphatic carbocycles. The van der Waals surface area contributed by atoms with Crippen LogP contribution in [0.1, 0.15) is 34.5 Å². The van der Waals surface area contributed by atoms with Gasteiger partial charge in [0.15, 0.2) is 0 Å². The number of nitrogens with zero attached hydrogens (tertiary/aromatic N) is 2. The minimum atomic E-state index is -3.14. The van der Waals surface area contributed by atoms with Crippen LogP contribution in [0.3, 0.4) is 0 Å². The van der Waals surface area contributed by atoms with Crippen molar-refractivity contribution in [1.29, 1.82) is 0 Å². The van der Waals surface area contributed by atoms with Crippen LogP contribution in [0.25, 0.3) is 5.57 Å². The summed E-state index contributed by atoms with van der Waals surface area (Å²) in [6.45, 7) is 0. The molecule has 0 bridgehead atoms. The summed E-state index contributed by atoms with van der Waals surface area (Å²) < 4.78 is 70.2. The van der Waals surface area contributed by atoms with Gasteiger partial charge in [-0.25, -0.2) is 22.0 Å². The van der Waals surface area contributed by atoms with Gasteiger partial charge in [-0.2, -0.15) is 5.10 Å². The third-order valence-electron chi connectivity index (χ3n) is 4.16. The number of benzene rings is 1. The highest BCUT2D eigenvalue weighted by molar-refractivity contribution is 6.33. The molecule has 0 spiro atoms. The number of hydrogen-bond acceptors (Lipinski definition) is 2. The Kier molecular flexibility index (Phi) is 5.29. The van der Waals surface area contributed by atoms with Crippen LogP contribution in [0, 0.1) is 5.82 Å². The monoisotopic (exact) mass is 417 g/mol. The highest BCUT2D eigenvalue weighted by atomic mass is 35.5. The molecule has 1 N–H and O–H groups in total. The summed E-state index contributed by atoms with van der Waals surface area (Å²) in [7, 11) is 1.23. The van der Waals surface area contributed by atoms with E-state index in [-0.39, 0.29) is 11.1 Å². The first-order valence-corrected chi connectivity index (χ1v) is 8.35. The molecule has 1 aromatic heterocycles. The van der Waals surface area contributed by atoms with Gasteiger partial charge in [0.25, 0.3) is 12.3 Å². The molecular formula is C18H13ClF5N3O. The number of rotatable bonds is 4. The Morgan fingerprint density at radius 1 is 1.32 bits per heavy atom. The Bertz CT molecular complexity index is 1000. The zero-order valence-corrected chi connectivity index (χ0v) is 15.1. The van der Waals surface area contributed by atoms with Gasteiger partial charge in [-0.05, 0) is 23.8 Å². The molecule has 2 aromatic rings. The van der Waals surface area contributed by atoms with Gasteiger partial charge in [0.1, 0.15) is 28.1 Å². The first-order valence-electron chi connectivity index (χ1n) is 7.97. The molecule has 3 rings (SSSR count). The summed E-state index contributed by atoms with van der Waals surface area (Å²) in [5, 5.41) is 4.93. The van der Waals surface area contributed by atoms with E-state index in [0.29, 0.717) is 0 Å². The van der Waals surface area contributed by atoms with Crippen molar-refractivity contribution in [2.45, 2.75) is 18.6 Å². The van der Waals surface area contributed by atoms with Crippen molar-refractivity contribution < 1.29 is 26.7 Å². The number of carbonyl (C=O) groups is 1. The summed E-state index contributed by atoms with van der Waals surface area (Å²) in [5.41, 5.74) is -1.83. The first-order chi connectivity index (χ1) is 13.1. The highest BCUT2D eigenvalue weighted by Gasteiger charge is 2.41. The van der Waals surface area contributed by atoms with Crippen LogP contribution in [-0.2, 0) is 7.05 Å². The number of aryl methyl sites for hydroxylation is 1. The van der Waals surface area contributed by atoms with Crippen LogP contribution in [0.2, 0.25) is 5.15 Å². The fourth-order valence-corrected chi connectivity index (χ4v) is 3.13. The van der Waals surface area contributed by atoms with E-state index in [2.05, 4.69) is 5.10 Å². The average Bonchev–Trinajstić information content (AvgIpc) is 2.90. The minimum Gasteiger partial charge on any atom is -0.316 e. The van der Waals surface area contributed by atoms with Crippen LogP contribution in [0.15, 0.2) is 42.2 Å².